The van der Waals surface area contributed by atoms with Gasteiger partial charge in [0.2, 0.25) is 5.91 Å². The fourth-order valence-electron chi connectivity index (χ4n) is 1.45. The predicted molar refractivity (Wildman–Crippen MR) is 48.8 cm³/mol. The Morgan fingerprint density at radius 1 is 1.57 bits per heavy atom. The molecule has 5 nitrogen and oxygen atoms in total. The maximum absolute atomic E-state index is 11.2. The minimum atomic E-state index is -1.32. The van der Waals surface area contributed by atoms with Crippen LogP contribution in [0.15, 0.2) is 0 Å². The topological polar surface area (TPSA) is 75.6 Å². The molecule has 2 N–H and O–H groups in total. The first kappa shape index (κ1) is 11.0. The molecular weight excluding hydrogens is 186 g/mol. The highest BCUT2D eigenvalue weighted by atomic mass is 16.5. The molecule has 1 aliphatic heterocycles. The largest absolute Gasteiger partial charge is 0.479 e. The molecule has 5 heteroatoms. The van der Waals surface area contributed by atoms with E-state index in [-0.39, 0.29) is 19.1 Å². The van der Waals surface area contributed by atoms with E-state index in [1.54, 1.807) is 20.8 Å². The summed E-state index contributed by atoms with van der Waals surface area (Å²) < 4.78 is 4.99. The first-order valence-electron chi connectivity index (χ1n) is 4.42. The van der Waals surface area contributed by atoms with Crippen molar-refractivity contribution in [1.82, 2.24) is 5.32 Å². The van der Waals surface area contributed by atoms with Gasteiger partial charge in [-0.2, -0.15) is 0 Å². The molecule has 1 amide bonds. The third-order valence-corrected chi connectivity index (χ3v) is 2.55. The standard InChI is InChI=1S/C9H15NO4/c1-8(2,3)9(7(12)13)5-14-4-6(11)10-9/h4-5H2,1-3H3,(H,10,11)(H,12,13). The third-order valence-electron chi connectivity index (χ3n) is 2.55. The summed E-state index contributed by atoms with van der Waals surface area (Å²) in [5.41, 5.74) is -1.91. The van der Waals surface area contributed by atoms with Crippen molar-refractivity contribution in [3.8, 4) is 0 Å². The average Bonchev–Trinajstić information content (AvgIpc) is 2.01. The molecule has 0 saturated carbocycles. The van der Waals surface area contributed by atoms with Gasteiger partial charge in [0.25, 0.3) is 0 Å². The van der Waals surface area contributed by atoms with Crippen molar-refractivity contribution >= 4 is 11.9 Å². The van der Waals surface area contributed by atoms with E-state index in [0.717, 1.165) is 0 Å². The van der Waals surface area contributed by atoms with E-state index in [2.05, 4.69) is 5.32 Å². The number of rotatable bonds is 1. The van der Waals surface area contributed by atoms with Crippen molar-refractivity contribution in [1.29, 1.82) is 0 Å². The lowest BCUT2D eigenvalue weighted by molar-refractivity contribution is -0.165. The summed E-state index contributed by atoms with van der Waals surface area (Å²) >= 11 is 0. The first-order chi connectivity index (χ1) is 6.29. The Morgan fingerprint density at radius 3 is 2.43 bits per heavy atom. The van der Waals surface area contributed by atoms with Crippen LogP contribution in [0.3, 0.4) is 0 Å². The van der Waals surface area contributed by atoms with Crippen LogP contribution in [0, 0.1) is 5.41 Å². The van der Waals surface area contributed by atoms with Crippen LogP contribution in [-0.2, 0) is 14.3 Å². The van der Waals surface area contributed by atoms with Crippen LogP contribution < -0.4 is 5.32 Å². The molecule has 14 heavy (non-hydrogen) atoms. The van der Waals surface area contributed by atoms with Gasteiger partial charge in [-0.15, -0.1) is 0 Å². The third kappa shape index (κ3) is 1.59. The molecule has 0 spiro atoms. The predicted octanol–water partition coefficient (Wildman–Crippen LogP) is 0.00230. The average molecular weight is 201 g/mol. The van der Waals surface area contributed by atoms with Gasteiger partial charge >= 0.3 is 5.97 Å². The molecular formula is C9H15NO4. The summed E-state index contributed by atoms with van der Waals surface area (Å²) in [6, 6.07) is 0. The lowest BCUT2D eigenvalue weighted by Crippen LogP contribution is -2.68. The molecule has 0 bridgehead atoms. The number of amides is 1. The van der Waals surface area contributed by atoms with Gasteiger partial charge in [-0.1, -0.05) is 20.8 Å². The van der Waals surface area contributed by atoms with Gasteiger partial charge in [0.1, 0.15) is 6.61 Å². The fourth-order valence-corrected chi connectivity index (χ4v) is 1.45. The molecule has 1 heterocycles. The van der Waals surface area contributed by atoms with Gasteiger partial charge in [-0.25, -0.2) is 4.79 Å². The van der Waals surface area contributed by atoms with Crippen LogP contribution in [0.2, 0.25) is 0 Å². The van der Waals surface area contributed by atoms with Gasteiger partial charge in [-0.3, -0.25) is 4.79 Å². The number of hydrogen-bond acceptors (Lipinski definition) is 3. The first-order valence-corrected chi connectivity index (χ1v) is 4.42. The molecule has 0 aliphatic carbocycles. The highest BCUT2D eigenvalue weighted by molar-refractivity contribution is 5.89. The van der Waals surface area contributed by atoms with E-state index in [1.807, 2.05) is 0 Å². The molecule has 1 saturated heterocycles. The van der Waals surface area contributed by atoms with Crippen LogP contribution in [-0.4, -0.2) is 35.7 Å². The zero-order chi connectivity index (χ0) is 11.0. The normalized spacial score (nSPS) is 28.4. The monoisotopic (exact) mass is 201 g/mol. The second kappa shape index (κ2) is 3.24. The van der Waals surface area contributed by atoms with Crippen LogP contribution in [0.4, 0.5) is 0 Å². The van der Waals surface area contributed by atoms with E-state index >= 15 is 0 Å². The summed E-state index contributed by atoms with van der Waals surface area (Å²) in [6.07, 6.45) is 0. The van der Waals surface area contributed by atoms with E-state index in [1.165, 1.54) is 0 Å². The summed E-state index contributed by atoms with van der Waals surface area (Å²) in [5, 5.41) is 11.7. The van der Waals surface area contributed by atoms with E-state index in [9.17, 15) is 9.59 Å². The molecule has 0 aromatic carbocycles. The van der Waals surface area contributed by atoms with Gasteiger partial charge in [-0.05, 0) is 5.41 Å². The number of carbonyl (C=O) groups excluding carboxylic acids is 1. The van der Waals surface area contributed by atoms with Crippen LogP contribution in [0.5, 0.6) is 0 Å². The van der Waals surface area contributed by atoms with Gasteiger partial charge in [0.05, 0.1) is 6.61 Å². The Hall–Kier alpha value is -1.10. The number of hydrogen-bond donors (Lipinski definition) is 2. The summed E-state index contributed by atoms with van der Waals surface area (Å²) in [4.78, 5) is 22.3. The minimum absolute atomic E-state index is 0.0115. The molecule has 80 valence electrons. The van der Waals surface area contributed by atoms with Crippen LogP contribution >= 0.6 is 0 Å². The molecule has 0 aromatic heterocycles. The van der Waals surface area contributed by atoms with Crippen molar-refractivity contribution in [3.05, 3.63) is 0 Å². The molecule has 1 rings (SSSR count). The Labute approximate surface area is 82.4 Å². The molecule has 1 atom stereocenters. The Balaban J connectivity index is 3.04. The second-order valence-corrected chi connectivity index (χ2v) is 4.50. The fraction of sp³-hybridized carbons (Fsp3) is 0.778. The quantitative estimate of drug-likeness (QED) is 0.626. The summed E-state index contributed by atoms with van der Waals surface area (Å²) in [7, 11) is 0. The molecule has 1 aliphatic rings. The van der Waals surface area contributed by atoms with Crippen LogP contribution in [0.1, 0.15) is 20.8 Å². The highest BCUT2D eigenvalue weighted by Gasteiger charge is 2.52. The molecule has 0 aromatic rings. The van der Waals surface area contributed by atoms with Crippen molar-refractivity contribution in [2.24, 2.45) is 5.41 Å². The van der Waals surface area contributed by atoms with Crippen molar-refractivity contribution in [2.45, 2.75) is 26.3 Å². The second-order valence-electron chi connectivity index (χ2n) is 4.50. The van der Waals surface area contributed by atoms with Gasteiger partial charge < -0.3 is 15.2 Å². The Bertz CT molecular complexity index is 268. The molecule has 1 unspecified atom stereocenters. The zero-order valence-corrected chi connectivity index (χ0v) is 8.59. The highest BCUT2D eigenvalue weighted by Crippen LogP contribution is 2.32. The lowest BCUT2D eigenvalue weighted by atomic mass is 9.73. The number of morpholine rings is 1. The smallest absolute Gasteiger partial charge is 0.332 e. The number of nitrogens with one attached hydrogen (secondary N) is 1. The number of carboxylic acids is 1. The number of carboxylic acid groups (broad SMARTS) is 1. The summed E-state index contributed by atoms with van der Waals surface area (Å²) in [5.74, 6) is -1.44. The molecule has 0 radical (unpaired) electrons. The van der Waals surface area contributed by atoms with E-state index in [4.69, 9.17) is 9.84 Å². The van der Waals surface area contributed by atoms with Crippen molar-refractivity contribution in [3.63, 3.8) is 0 Å². The maximum Gasteiger partial charge on any atom is 0.332 e. The van der Waals surface area contributed by atoms with E-state index in [0.29, 0.717) is 0 Å². The maximum atomic E-state index is 11.2. The van der Waals surface area contributed by atoms with E-state index < -0.39 is 16.9 Å². The molecule has 1 fully saturated rings. The van der Waals surface area contributed by atoms with Gasteiger partial charge in [0, 0.05) is 0 Å². The Morgan fingerprint density at radius 2 is 2.14 bits per heavy atom. The SMILES string of the molecule is CC(C)(C)C1(C(=O)O)COCC(=O)N1. The number of ether oxygens (including phenoxy) is 1. The Kier molecular flexibility index (Phi) is 2.54. The van der Waals surface area contributed by atoms with Crippen molar-refractivity contribution in [2.75, 3.05) is 13.2 Å². The van der Waals surface area contributed by atoms with Gasteiger partial charge in [0.15, 0.2) is 5.54 Å². The number of carbonyl (C=O) groups is 2. The van der Waals surface area contributed by atoms with Crippen molar-refractivity contribution < 1.29 is 19.4 Å². The lowest BCUT2D eigenvalue weighted by Gasteiger charge is -2.43. The van der Waals surface area contributed by atoms with Crippen LogP contribution in [0.25, 0.3) is 0 Å². The minimum Gasteiger partial charge on any atom is -0.479 e. The zero-order valence-electron chi connectivity index (χ0n) is 8.59. The number of aliphatic carboxylic acids is 1. The summed E-state index contributed by atoms with van der Waals surface area (Å²) in [6.45, 7) is 5.23.